The zero-order valence-corrected chi connectivity index (χ0v) is 10.9. The van der Waals surface area contributed by atoms with Crippen molar-refractivity contribution < 1.29 is 4.79 Å². The van der Waals surface area contributed by atoms with Gasteiger partial charge in [0.25, 0.3) is 0 Å². The average molecular weight is 224 g/mol. The van der Waals surface area contributed by atoms with Crippen LogP contribution in [0.3, 0.4) is 0 Å². The highest BCUT2D eigenvalue weighted by Gasteiger charge is 2.41. The quantitative estimate of drug-likeness (QED) is 0.705. The molecule has 0 aromatic rings. The molecule has 2 bridgehead atoms. The number of likely N-dealkylation sites (tertiary alicyclic amines) is 2. The number of ketones is 1. The maximum atomic E-state index is 12.1. The van der Waals surface area contributed by atoms with E-state index in [1.807, 2.05) is 0 Å². The Morgan fingerprint density at radius 3 is 1.44 bits per heavy atom. The molecule has 2 heterocycles. The molecular formula is C13H24N2O. The largest absolute Gasteiger partial charge is 0.299 e. The third-order valence-electron chi connectivity index (χ3n) is 4.08. The van der Waals surface area contributed by atoms with Crippen LogP contribution in [0.5, 0.6) is 0 Å². The van der Waals surface area contributed by atoms with Gasteiger partial charge >= 0.3 is 0 Å². The molecular weight excluding hydrogens is 200 g/mol. The van der Waals surface area contributed by atoms with E-state index in [2.05, 4.69) is 37.5 Å². The fourth-order valence-corrected chi connectivity index (χ4v) is 2.93. The zero-order chi connectivity index (χ0) is 11.9. The number of hydrogen-bond acceptors (Lipinski definition) is 3. The molecule has 0 spiro atoms. The second-order valence-corrected chi connectivity index (χ2v) is 5.89. The van der Waals surface area contributed by atoms with Gasteiger partial charge in [-0.05, 0) is 27.7 Å². The van der Waals surface area contributed by atoms with E-state index in [9.17, 15) is 4.79 Å². The molecule has 2 aliphatic rings. The first-order chi connectivity index (χ1) is 7.49. The first-order valence-electron chi connectivity index (χ1n) is 6.51. The lowest BCUT2D eigenvalue weighted by Crippen LogP contribution is -2.60. The summed E-state index contributed by atoms with van der Waals surface area (Å²) in [6.07, 6.45) is 0. The Hall–Kier alpha value is -0.410. The van der Waals surface area contributed by atoms with Gasteiger partial charge in [-0.2, -0.15) is 0 Å². The van der Waals surface area contributed by atoms with Crippen LogP contribution < -0.4 is 0 Å². The zero-order valence-electron chi connectivity index (χ0n) is 10.9. The van der Waals surface area contributed by atoms with Crippen molar-refractivity contribution in [2.24, 2.45) is 11.8 Å². The molecule has 2 aliphatic heterocycles. The van der Waals surface area contributed by atoms with E-state index in [1.54, 1.807) is 0 Å². The molecule has 0 aliphatic carbocycles. The lowest BCUT2D eigenvalue weighted by Gasteiger charge is -2.47. The van der Waals surface area contributed by atoms with Gasteiger partial charge in [-0.1, -0.05) is 0 Å². The molecule has 16 heavy (non-hydrogen) atoms. The molecule has 0 atom stereocenters. The van der Waals surface area contributed by atoms with Gasteiger partial charge in [0.2, 0.25) is 0 Å². The van der Waals surface area contributed by atoms with Crippen LogP contribution in [-0.4, -0.2) is 53.8 Å². The van der Waals surface area contributed by atoms with Gasteiger partial charge in [-0.3, -0.25) is 14.6 Å². The van der Waals surface area contributed by atoms with Gasteiger partial charge < -0.3 is 0 Å². The van der Waals surface area contributed by atoms with Crippen molar-refractivity contribution in [1.29, 1.82) is 0 Å². The number of carbonyl (C=O) groups excluding carboxylic acids is 1. The van der Waals surface area contributed by atoms with Crippen molar-refractivity contribution in [3.63, 3.8) is 0 Å². The lowest BCUT2D eigenvalue weighted by atomic mass is 9.82. The summed E-state index contributed by atoms with van der Waals surface area (Å²) in [6, 6.07) is 1.15. The first-order valence-corrected chi connectivity index (χ1v) is 6.51. The molecule has 2 saturated heterocycles. The predicted octanol–water partition coefficient (Wildman–Crippen LogP) is 1.24. The smallest absolute Gasteiger partial charge is 0.144 e. The molecule has 92 valence electrons. The third-order valence-corrected chi connectivity index (χ3v) is 4.08. The second kappa shape index (κ2) is 4.46. The molecule has 2 fully saturated rings. The Labute approximate surface area is 98.8 Å². The SMILES string of the molecule is CC(C)N1CC2CN(C(C)C)CC(C1)C2=O. The first kappa shape index (κ1) is 12.1. The highest BCUT2D eigenvalue weighted by Crippen LogP contribution is 2.27. The van der Waals surface area contributed by atoms with Crippen molar-refractivity contribution in [1.82, 2.24) is 9.80 Å². The van der Waals surface area contributed by atoms with Crippen molar-refractivity contribution in [3.8, 4) is 0 Å². The molecule has 0 saturated carbocycles. The monoisotopic (exact) mass is 224 g/mol. The van der Waals surface area contributed by atoms with E-state index < -0.39 is 0 Å². The Morgan fingerprint density at radius 1 is 0.875 bits per heavy atom. The normalized spacial score (nSPS) is 32.8. The van der Waals surface area contributed by atoms with Crippen LogP contribution in [-0.2, 0) is 4.79 Å². The van der Waals surface area contributed by atoms with Crippen molar-refractivity contribution in [2.75, 3.05) is 26.2 Å². The molecule has 0 radical (unpaired) electrons. The third kappa shape index (κ3) is 2.16. The van der Waals surface area contributed by atoms with Gasteiger partial charge in [-0.25, -0.2) is 0 Å². The van der Waals surface area contributed by atoms with E-state index in [-0.39, 0.29) is 11.8 Å². The topological polar surface area (TPSA) is 23.6 Å². The van der Waals surface area contributed by atoms with Crippen LogP contribution in [0.25, 0.3) is 0 Å². The Morgan fingerprint density at radius 2 is 1.19 bits per heavy atom. The van der Waals surface area contributed by atoms with Crippen molar-refractivity contribution >= 4 is 5.78 Å². The molecule has 0 N–H and O–H groups in total. The number of hydrogen-bond donors (Lipinski definition) is 0. The van der Waals surface area contributed by atoms with E-state index >= 15 is 0 Å². The number of fused-ring (bicyclic) bond motifs is 2. The highest BCUT2D eigenvalue weighted by molar-refractivity contribution is 5.85. The number of nitrogens with zero attached hydrogens (tertiary/aromatic N) is 2. The summed E-state index contributed by atoms with van der Waals surface area (Å²) in [5.41, 5.74) is 0. The number of Topliss-reactive ketones (excluding diaryl/α,β-unsaturated/α-hetero) is 1. The summed E-state index contributed by atoms with van der Waals surface area (Å²) in [4.78, 5) is 17.0. The number of carbonyl (C=O) groups is 1. The molecule has 0 amide bonds. The van der Waals surface area contributed by atoms with Gasteiger partial charge in [0.05, 0.1) is 0 Å². The Balaban J connectivity index is 2.07. The standard InChI is InChI=1S/C13H24N2O/c1-9(2)14-5-11-7-15(10(3)4)8-12(6-14)13(11)16/h9-12H,5-8H2,1-4H3. The van der Waals surface area contributed by atoms with Crippen LogP contribution in [0.1, 0.15) is 27.7 Å². The van der Waals surface area contributed by atoms with Crippen LogP contribution >= 0.6 is 0 Å². The van der Waals surface area contributed by atoms with Crippen LogP contribution in [0.2, 0.25) is 0 Å². The second-order valence-electron chi connectivity index (χ2n) is 5.89. The van der Waals surface area contributed by atoms with E-state index in [0.717, 1.165) is 26.2 Å². The van der Waals surface area contributed by atoms with E-state index in [0.29, 0.717) is 17.9 Å². The summed E-state index contributed by atoms with van der Waals surface area (Å²) in [5.74, 6) is 1.04. The Kier molecular flexibility index (Phi) is 3.36. The minimum absolute atomic E-state index is 0.261. The summed E-state index contributed by atoms with van der Waals surface area (Å²) in [6.45, 7) is 12.8. The van der Waals surface area contributed by atoms with Gasteiger partial charge in [-0.15, -0.1) is 0 Å². The minimum atomic E-state index is 0.261. The maximum Gasteiger partial charge on any atom is 0.144 e. The van der Waals surface area contributed by atoms with Crippen molar-refractivity contribution in [2.45, 2.75) is 39.8 Å². The number of rotatable bonds is 2. The average Bonchev–Trinajstić information content (AvgIpc) is 2.15. The van der Waals surface area contributed by atoms with Crippen LogP contribution in [0.4, 0.5) is 0 Å². The highest BCUT2D eigenvalue weighted by atomic mass is 16.1. The summed E-state index contributed by atoms with van der Waals surface area (Å²) in [5, 5.41) is 0. The maximum absolute atomic E-state index is 12.1. The minimum Gasteiger partial charge on any atom is -0.299 e. The summed E-state index contributed by atoms with van der Waals surface area (Å²) in [7, 11) is 0. The lowest BCUT2D eigenvalue weighted by molar-refractivity contribution is -0.139. The number of piperidine rings is 2. The molecule has 0 unspecified atom stereocenters. The van der Waals surface area contributed by atoms with Gasteiger partial charge in [0.15, 0.2) is 0 Å². The molecule has 2 rings (SSSR count). The molecule has 3 nitrogen and oxygen atoms in total. The van der Waals surface area contributed by atoms with E-state index in [1.165, 1.54) is 0 Å². The van der Waals surface area contributed by atoms with Crippen LogP contribution in [0, 0.1) is 11.8 Å². The summed E-state index contributed by atoms with van der Waals surface area (Å²) < 4.78 is 0. The van der Waals surface area contributed by atoms with Gasteiger partial charge in [0, 0.05) is 50.1 Å². The van der Waals surface area contributed by atoms with E-state index in [4.69, 9.17) is 0 Å². The Bertz CT molecular complexity index is 237. The van der Waals surface area contributed by atoms with Gasteiger partial charge in [0.1, 0.15) is 5.78 Å². The summed E-state index contributed by atoms with van der Waals surface area (Å²) >= 11 is 0. The van der Waals surface area contributed by atoms with Crippen LogP contribution in [0.15, 0.2) is 0 Å². The predicted molar refractivity (Wildman–Crippen MR) is 65.4 cm³/mol. The molecule has 3 heteroatoms. The molecule has 0 aromatic heterocycles. The fourth-order valence-electron chi connectivity index (χ4n) is 2.93. The molecule has 0 aromatic carbocycles. The van der Waals surface area contributed by atoms with Crippen molar-refractivity contribution in [3.05, 3.63) is 0 Å². The fraction of sp³-hybridized carbons (Fsp3) is 0.923.